The highest BCUT2D eigenvalue weighted by molar-refractivity contribution is 5.43. The highest BCUT2D eigenvalue weighted by Gasteiger charge is 2.19. The zero-order valence-electron chi connectivity index (χ0n) is 13.0. The van der Waals surface area contributed by atoms with E-state index in [9.17, 15) is 4.79 Å². The van der Waals surface area contributed by atoms with Gasteiger partial charge in [0, 0.05) is 32.2 Å². The molecule has 0 aromatic carbocycles. The lowest BCUT2D eigenvalue weighted by Crippen LogP contribution is -2.37. The monoisotopic (exact) mass is 290 g/mol. The number of hydrogen-bond donors (Lipinski definition) is 0. The number of rotatable bonds is 3. The molecule has 5 nitrogen and oxygen atoms in total. The predicted octanol–water partition coefficient (Wildman–Crippen LogP) is 1.58. The number of likely N-dealkylation sites (tertiary alicyclic amines) is 1. The molecule has 0 spiro atoms. The summed E-state index contributed by atoms with van der Waals surface area (Å²) in [4.78, 5) is 16.9. The Kier molecular flexibility index (Phi) is 4.58. The van der Waals surface area contributed by atoms with E-state index >= 15 is 0 Å². The number of nitrogens with zero attached hydrogens (tertiary/aromatic N) is 4. The molecule has 0 N–H and O–H groups in total. The summed E-state index contributed by atoms with van der Waals surface area (Å²) >= 11 is 0. The summed E-state index contributed by atoms with van der Waals surface area (Å²) in [6.45, 7) is 5.11. The van der Waals surface area contributed by atoms with Crippen LogP contribution in [0.1, 0.15) is 32.1 Å². The van der Waals surface area contributed by atoms with Gasteiger partial charge in [-0.05, 0) is 51.6 Å². The number of hydrogen-bond acceptors (Lipinski definition) is 4. The first-order valence-electron chi connectivity index (χ1n) is 8.23. The molecule has 2 aliphatic heterocycles. The van der Waals surface area contributed by atoms with Gasteiger partial charge in [0.2, 0.25) is 0 Å². The second-order valence-corrected chi connectivity index (χ2v) is 6.55. The van der Waals surface area contributed by atoms with E-state index in [1.54, 1.807) is 10.7 Å². The van der Waals surface area contributed by atoms with Crippen LogP contribution >= 0.6 is 0 Å². The van der Waals surface area contributed by atoms with Gasteiger partial charge in [-0.3, -0.25) is 4.79 Å². The standard InChI is InChI=1S/C16H26N4O/c1-18-7-5-6-14(12-18)13-20-16(21)10-15(11-17-20)19-8-3-2-4-9-19/h10-11,14H,2-9,12-13H2,1H3/t14-/m1/s1. The smallest absolute Gasteiger partial charge is 0.268 e. The average molecular weight is 290 g/mol. The third-order valence-corrected chi connectivity index (χ3v) is 4.73. The summed E-state index contributed by atoms with van der Waals surface area (Å²) < 4.78 is 1.65. The number of piperidine rings is 2. The Morgan fingerprint density at radius 2 is 2.00 bits per heavy atom. The van der Waals surface area contributed by atoms with Crippen LogP contribution < -0.4 is 10.5 Å². The first-order chi connectivity index (χ1) is 10.2. The van der Waals surface area contributed by atoms with Crippen molar-refractivity contribution in [3.05, 3.63) is 22.6 Å². The van der Waals surface area contributed by atoms with E-state index in [4.69, 9.17) is 0 Å². The van der Waals surface area contributed by atoms with Crippen molar-refractivity contribution in [2.45, 2.75) is 38.6 Å². The van der Waals surface area contributed by atoms with Gasteiger partial charge >= 0.3 is 0 Å². The summed E-state index contributed by atoms with van der Waals surface area (Å²) in [5.74, 6) is 0.551. The maximum absolute atomic E-state index is 12.3. The van der Waals surface area contributed by atoms with E-state index in [-0.39, 0.29) is 5.56 Å². The molecule has 0 unspecified atom stereocenters. The minimum Gasteiger partial charge on any atom is -0.370 e. The van der Waals surface area contributed by atoms with Crippen molar-refractivity contribution in [2.24, 2.45) is 5.92 Å². The lowest BCUT2D eigenvalue weighted by atomic mass is 9.98. The predicted molar refractivity (Wildman–Crippen MR) is 84.8 cm³/mol. The molecule has 2 saturated heterocycles. The lowest BCUT2D eigenvalue weighted by molar-refractivity contribution is 0.189. The molecule has 5 heteroatoms. The number of anilines is 1. The van der Waals surface area contributed by atoms with Gasteiger partial charge in [0.05, 0.1) is 11.9 Å². The van der Waals surface area contributed by atoms with E-state index in [2.05, 4.69) is 21.9 Å². The Labute approximate surface area is 126 Å². The Morgan fingerprint density at radius 1 is 1.19 bits per heavy atom. The van der Waals surface area contributed by atoms with Crippen LogP contribution in [0, 0.1) is 5.92 Å². The zero-order chi connectivity index (χ0) is 14.7. The van der Waals surface area contributed by atoms with Crippen molar-refractivity contribution in [1.29, 1.82) is 0 Å². The summed E-state index contributed by atoms with van der Waals surface area (Å²) in [5, 5.41) is 4.42. The van der Waals surface area contributed by atoms with Crippen LogP contribution in [0.2, 0.25) is 0 Å². The van der Waals surface area contributed by atoms with Crippen molar-refractivity contribution in [2.75, 3.05) is 38.1 Å². The van der Waals surface area contributed by atoms with Gasteiger partial charge in [-0.25, -0.2) is 4.68 Å². The molecule has 2 fully saturated rings. The van der Waals surface area contributed by atoms with E-state index in [0.29, 0.717) is 5.92 Å². The lowest BCUT2D eigenvalue weighted by Gasteiger charge is -2.30. The fourth-order valence-corrected chi connectivity index (χ4v) is 3.55. The van der Waals surface area contributed by atoms with Crippen LogP contribution in [-0.2, 0) is 6.54 Å². The third kappa shape index (κ3) is 3.64. The molecule has 0 radical (unpaired) electrons. The maximum Gasteiger partial charge on any atom is 0.268 e. The first kappa shape index (κ1) is 14.6. The zero-order valence-corrected chi connectivity index (χ0v) is 13.0. The molecule has 0 saturated carbocycles. The van der Waals surface area contributed by atoms with Gasteiger partial charge in [-0.1, -0.05) is 0 Å². The highest BCUT2D eigenvalue weighted by atomic mass is 16.1. The van der Waals surface area contributed by atoms with Crippen LogP contribution in [0.4, 0.5) is 5.69 Å². The molecular formula is C16H26N4O. The van der Waals surface area contributed by atoms with Crippen molar-refractivity contribution in [3.63, 3.8) is 0 Å². The van der Waals surface area contributed by atoms with E-state index in [0.717, 1.165) is 31.9 Å². The molecule has 0 aliphatic carbocycles. The summed E-state index contributed by atoms with van der Waals surface area (Å²) in [6, 6.07) is 1.77. The molecule has 116 valence electrons. The van der Waals surface area contributed by atoms with Crippen molar-refractivity contribution >= 4 is 5.69 Å². The maximum atomic E-state index is 12.3. The minimum atomic E-state index is 0.0475. The molecule has 3 heterocycles. The molecular weight excluding hydrogens is 264 g/mol. The van der Waals surface area contributed by atoms with Crippen LogP contribution in [0.15, 0.2) is 17.1 Å². The van der Waals surface area contributed by atoms with E-state index in [1.807, 2.05) is 6.20 Å². The minimum absolute atomic E-state index is 0.0475. The van der Waals surface area contributed by atoms with Gasteiger partial charge in [0.1, 0.15) is 0 Å². The Bertz CT molecular complexity index is 521. The SMILES string of the molecule is CN1CCC[C@@H](Cn2ncc(N3CCCCC3)cc2=O)C1. The quantitative estimate of drug-likeness (QED) is 0.847. The molecule has 3 rings (SSSR count). The van der Waals surface area contributed by atoms with Crippen LogP contribution in [0.25, 0.3) is 0 Å². The van der Waals surface area contributed by atoms with Gasteiger partial charge in [0.15, 0.2) is 0 Å². The highest BCUT2D eigenvalue weighted by Crippen LogP contribution is 2.18. The van der Waals surface area contributed by atoms with Gasteiger partial charge < -0.3 is 9.80 Å². The largest absolute Gasteiger partial charge is 0.370 e. The normalized spacial score (nSPS) is 24.2. The summed E-state index contributed by atoms with van der Waals surface area (Å²) in [7, 11) is 2.15. The Morgan fingerprint density at radius 3 is 2.71 bits per heavy atom. The van der Waals surface area contributed by atoms with E-state index in [1.165, 1.54) is 38.6 Å². The van der Waals surface area contributed by atoms with Gasteiger partial charge in [0.25, 0.3) is 5.56 Å². The average Bonchev–Trinajstić information content (AvgIpc) is 2.50. The molecule has 1 aromatic heterocycles. The molecule has 0 bridgehead atoms. The second-order valence-electron chi connectivity index (χ2n) is 6.55. The molecule has 0 amide bonds. The van der Waals surface area contributed by atoms with Crippen molar-refractivity contribution in [1.82, 2.24) is 14.7 Å². The van der Waals surface area contributed by atoms with E-state index < -0.39 is 0 Å². The number of aromatic nitrogens is 2. The molecule has 2 aliphatic rings. The topological polar surface area (TPSA) is 41.4 Å². The van der Waals surface area contributed by atoms with Crippen LogP contribution in [0.5, 0.6) is 0 Å². The van der Waals surface area contributed by atoms with Gasteiger partial charge in [-0.2, -0.15) is 5.10 Å². The summed E-state index contributed by atoms with van der Waals surface area (Å²) in [6.07, 6.45) is 8.04. The molecule has 1 atom stereocenters. The van der Waals surface area contributed by atoms with Crippen molar-refractivity contribution < 1.29 is 0 Å². The van der Waals surface area contributed by atoms with Crippen molar-refractivity contribution in [3.8, 4) is 0 Å². The second kappa shape index (κ2) is 6.60. The summed E-state index contributed by atoms with van der Waals surface area (Å²) in [5.41, 5.74) is 1.04. The fraction of sp³-hybridized carbons (Fsp3) is 0.750. The molecule has 1 aromatic rings. The third-order valence-electron chi connectivity index (χ3n) is 4.73. The van der Waals surface area contributed by atoms with Crippen LogP contribution in [0.3, 0.4) is 0 Å². The Balaban J connectivity index is 1.67. The molecule has 21 heavy (non-hydrogen) atoms. The Hall–Kier alpha value is -1.36. The van der Waals surface area contributed by atoms with Crippen LogP contribution in [-0.4, -0.2) is 47.9 Å². The van der Waals surface area contributed by atoms with Gasteiger partial charge in [-0.15, -0.1) is 0 Å². The first-order valence-corrected chi connectivity index (χ1v) is 8.23. The fourth-order valence-electron chi connectivity index (χ4n) is 3.55.